The van der Waals surface area contributed by atoms with Gasteiger partial charge in [0.05, 0.1) is 18.6 Å². The van der Waals surface area contributed by atoms with Crippen LogP contribution in [0.2, 0.25) is 0 Å². The molecule has 35 heavy (non-hydrogen) atoms. The second-order valence-corrected chi connectivity index (χ2v) is 11.2. The minimum absolute atomic E-state index is 0.0273. The van der Waals surface area contributed by atoms with Crippen LogP contribution >= 0.6 is 0 Å². The average Bonchev–Trinajstić information content (AvgIpc) is 3.55. The van der Waals surface area contributed by atoms with Crippen LogP contribution in [0.1, 0.15) is 18.4 Å². The molecule has 0 aromatic heterocycles. The maximum Gasteiger partial charge on any atom is 0.350 e. The largest absolute Gasteiger partial charge is 0.491 e. The minimum atomic E-state index is -4.92. The molecule has 2 heterocycles. The van der Waals surface area contributed by atoms with Gasteiger partial charge in [-0.2, -0.15) is 8.78 Å². The number of benzene rings is 2. The number of halogens is 3. The number of hydrogen-bond donors (Lipinski definition) is 1. The maximum atomic E-state index is 15.8. The zero-order valence-corrected chi connectivity index (χ0v) is 19.9. The van der Waals surface area contributed by atoms with E-state index in [9.17, 15) is 22.0 Å². The SMILES string of the molecule is CN1CCOc2ccccc2-c2cccc(c2F)C[C@H]2[C@@H](NS(=O)(=O)C(F)F)C3(CC3)CN2C1=O. The number of nitrogens with one attached hydrogen (secondary N) is 1. The molecule has 0 radical (unpaired) electrons. The van der Waals surface area contributed by atoms with Crippen molar-refractivity contribution in [3.8, 4) is 16.9 Å². The molecular weight excluding hydrogens is 483 g/mol. The average molecular weight is 510 g/mol. The Kier molecular flexibility index (Phi) is 5.95. The van der Waals surface area contributed by atoms with Crippen LogP contribution in [0.4, 0.5) is 18.0 Å². The summed E-state index contributed by atoms with van der Waals surface area (Å²) in [5, 5.41) is 0. The smallest absolute Gasteiger partial charge is 0.350 e. The highest BCUT2D eigenvalue weighted by atomic mass is 32.2. The lowest BCUT2D eigenvalue weighted by molar-refractivity contribution is 0.146. The predicted molar refractivity (Wildman–Crippen MR) is 123 cm³/mol. The van der Waals surface area contributed by atoms with E-state index in [0.717, 1.165) is 0 Å². The molecule has 2 bridgehead atoms. The van der Waals surface area contributed by atoms with Crippen molar-refractivity contribution in [3.05, 3.63) is 53.8 Å². The zero-order valence-electron chi connectivity index (χ0n) is 19.1. The van der Waals surface area contributed by atoms with Gasteiger partial charge >= 0.3 is 11.8 Å². The van der Waals surface area contributed by atoms with Crippen LogP contribution in [0, 0.1) is 11.2 Å². The van der Waals surface area contributed by atoms with Gasteiger partial charge in [-0.3, -0.25) is 0 Å². The van der Waals surface area contributed by atoms with Crippen LogP contribution in [0.3, 0.4) is 0 Å². The van der Waals surface area contributed by atoms with Gasteiger partial charge in [0.25, 0.3) is 10.0 Å². The normalized spacial score (nSPS) is 23.7. The molecule has 2 atom stereocenters. The predicted octanol–water partition coefficient (Wildman–Crippen LogP) is 3.45. The standard InChI is InChI=1S/C24H26F3N3O4S/c1-29-11-12-34-19-8-3-2-6-16(19)17-7-4-5-15(20(17)25)13-18-21(28-35(32,33)22(26)27)24(9-10-24)14-30(18)23(29)31/h2-8,18,21-22,28H,9-14H2,1H3/t18-,21+/m0/s1. The summed E-state index contributed by atoms with van der Waals surface area (Å²) < 4.78 is 74.8. The van der Waals surface area contributed by atoms with Crippen molar-refractivity contribution in [2.75, 3.05) is 26.7 Å². The van der Waals surface area contributed by atoms with Gasteiger partial charge in [-0.25, -0.2) is 22.3 Å². The number of amides is 2. The summed E-state index contributed by atoms with van der Waals surface area (Å²) in [5.74, 6) is -3.64. The number of hydrogen-bond acceptors (Lipinski definition) is 4. The summed E-state index contributed by atoms with van der Waals surface area (Å²) in [5.41, 5.74) is 0.488. The van der Waals surface area contributed by atoms with Gasteiger partial charge in [-0.05, 0) is 30.9 Å². The van der Waals surface area contributed by atoms with E-state index in [2.05, 4.69) is 4.72 Å². The van der Waals surface area contributed by atoms with Gasteiger partial charge in [-0.1, -0.05) is 36.4 Å². The molecule has 2 amide bonds. The van der Waals surface area contributed by atoms with E-state index >= 15 is 4.39 Å². The molecule has 2 fully saturated rings. The highest BCUT2D eigenvalue weighted by molar-refractivity contribution is 7.89. The third-order valence-corrected chi connectivity index (χ3v) is 8.34. The Bertz CT molecular complexity index is 1250. The topological polar surface area (TPSA) is 79.0 Å². The number of carbonyl (C=O) groups excluding carboxylic acids is 1. The lowest BCUT2D eigenvalue weighted by atomic mass is 9.91. The number of alkyl halides is 2. The number of urea groups is 1. The number of fused-ring (bicyclic) bond motifs is 5. The molecule has 11 heteroatoms. The molecular formula is C24H26F3N3O4S. The number of ether oxygens (including phenoxy) is 1. The van der Waals surface area contributed by atoms with Crippen LogP contribution in [0.25, 0.3) is 11.1 Å². The molecule has 1 aliphatic carbocycles. The Morgan fingerprint density at radius 3 is 2.54 bits per heavy atom. The van der Waals surface area contributed by atoms with E-state index < -0.39 is 39.1 Å². The van der Waals surface area contributed by atoms with Crippen LogP contribution in [0.5, 0.6) is 5.75 Å². The summed E-state index contributed by atoms with van der Waals surface area (Å²) in [6.45, 7) is 0.599. The van der Waals surface area contributed by atoms with E-state index in [4.69, 9.17) is 4.74 Å². The Morgan fingerprint density at radius 1 is 1.11 bits per heavy atom. The van der Waals surface area contributed by atoms with Crippen molar-refractivity contribution >= 4 is 16.1 Å². The number of nitrogens with zero attached hydrogens (tertiary/aromatic N) is 2. The van der Waals surface area contributed by atoms with E-state index in [0.29, 0.717) is 29.7 Å². The van der Waals surface area contributed by atoms with Gasteiger partial charge in [-0.15, -0.1) is 0 Å². The van der Waals surface area contributed by atoms with E-state index in [1.165, 1.54) is 9.80 Å². The first-order chi connectivity index (χ1) is 16.6. The number of rotatable bonds is 3. The molecule has 1 saturated carbocycles. The molecule has 2 aliphatic heterocycles. The highest BCUT2D eigenvalue weighted by Crippen LogP contribution is 2.56. The van der Waals surface area contributed by atoms with Gasteiger partial charge in [0, 0.05) is 30.1 Å². The van der Waals surface area contributed by atoms with Gasteiger partial charge in [0.1, 0.15) is 18.2 Å². The quantitative estimate of drug-likeness (QED) is 0.688. The molecule has 5 rings (SSSR count). The molecule has 1 spiro atoms. The second kappa shape index (κ2) is 8.70. The molecule has 1 N–H and O–H groups in total. The Morgan fingerprint density at radius 2 is 1.83 bits per heavy atom. The van der Waals surface area contributed by atoms with Gasteiger partial charge < -0.3 is 14.5 Å². The molecule has 7 nitrogen and oxygen atoms in total. The molecule has 1 saturated heterocycles. The van der Waals surface area contributed by atoms with E-state index in [1.807, 2.05) is 0 Å². The minimum Gasteiger partial charge on any atom is -0.491 e. The van der Waals surface area contributed by atoms with E-state index in [-0.39, 0.29) is 37.7 Å². The monoisotopic (exact) mass is 509 g/mol. The molecule has 188 valence electrons. The summed E-state index contributed by atoms with van der Waals surface area (Å²) in [4.78, 5) is 16.4. The second-order valence-electron chi connectivity index (χ2n) is 9.49. The third-order valence-electron chi connectivity index (χ3n) is 7.29. The van der Waals surface area contributed by atoms with Crippen molar-refractivity contribution in [2.45, 2.75) is 37.1 Å². The zero-order chi connectivity index (χ0) is 25.0. The van der Waals surface area contributed by atoms with Crippen LogP contribution in [0.15, 0.2) is 42.5 Å². The Hall–Kier alpha value is -2.79. The molecule has 2 aromatic rings. The number of sulfonamides is 1. The number of likely N-dealkylation sites (N-methyl/N-ethyl adjacent to an activating group) is 1. The van der Waals surface area contributed by atoms with Crippen LogP contribution in [-0.4, -0.2) is 68.8 Å². The summed E-state index contributed by atoms with van der Waals surface area (Å²) in [6.07, 6.45) is 1.15. The van der Waals surface area contributed by atoms with Crippen molar-refractivity contribution < 1.29 is 31.1 Å². The number of carbonyl (C=O) groups is 1. The fourth-order valence-corrected chi connectivity index (χ4v) is 6.10. The molecule has 2 aromatic carbocycles. The fraction of sp³-hybridized carbons (Fsp3) is 0.458. The maximum absolute atomic E-state index is 15.8. The number of para-hydroxylation sites is 1. The third kappa shape index (κ3) is 4.24. The first-order valence-electron chi connectivity index (χ1n) is 11.4. The van der Waals surface area contributed by atoms with Crippen molar-refractivity contribution in [1.82, 2.24) is 14.5 Å². The lowest BCUT2D eigenvalue weighted by Crippen LogP contribution is -2.52. The van der Waals surface area contributed by atoms with Crippen LogP contribution < -0.4 is 9.46 Å². The van der Waals surface area contributed by atoms with Crippen molar-refractivity contribution in [1.29, 1.82) is 0 Å². The first-order valence-corrected chi connectivity index (χ1v) is 13.0. The highest BCUT2D eigenvalue weighted by Gasteiger charge is 2.62. The molecule has 0 unspecified atom stereocenters. The Labute approximate surface area is 201 Å². The summed E-state index contributed by atoms with van der Waals surface area (Å²) in [7, 11) is -3.32. The first kappa shape index (κ1) is 23.9. The van der Waals surface area contributed by atoms with Gasteiger partial charge in [0.2, 0.25) is 0 Å². The van der Waals surface area contributed by atoms with Gasteiger partial charge in [0.15, 0.2) is 0 Å². The van der Waals surface area contributed by atoms with Crippen LogP contribution in [-0.2, 0) is 16.4 Å². The fourth-order valence-electron chi connectivity index (χ4n) is 5.24. The summed E-state index contributed by atoms with van der Waals surface area (Å²) in [6, 6.07) is 9.74. The molecule has 3 aliphatic rings. The van der Waals surface area contributed by atoms with Crippen molar-refractivity contribution in [2.24, 2.45) is 5.41 Å². The summed E-state index contributed by atoms with van der Waals surface area (Å²) >= 11 is 0. The van der Waals surface area contributed by atoms with Crippen molar-refractivity contribution in [3.63, 3.8) is 0 Å². The van der Waals surface area contributed by atoms with E-state index in [1.54, 1.807) is 49.5 Å². The Balaban J connectivity index is 1.61. The lowest BCUT2D eigenvalue weighted by Gasteiger charge is -2.32.